The molecule has 1 saturated heterocycles. The highest BCUT2D eigenvalue weighted by Gasteiger charge is 2.24. The van der Waals surface area contributed by atoms with E-state index in [1.807, 2.05) is 72.8 Å². The van der Waals surface area contributed by atoms with Crippen LogP contribution in [-0.2, 0) is 24.2 Å². The fraction of sp³-hybridized carbons (Fsp3) is 0.138. The molecule has 1 fully saturated rings. The third-order valence-electron chi connectivity index (χ3n) is 5.49. The Morgan fingerprint density at radius 2 is 1.91 bits per heavy atom. The van der Waals surface area contributed by atoms with Gasteiger partial charge < -0.3 is 10.1 Å². The highest BCUT2D eigenvalue weighted by Crippen LogP contribution is 2.30. The van der Waals surface area contributed by atoms with E-state index in [1.165, 1.54) is 17.3 Å². The molecule has 1 amide bonds. The summed E-state index contributed by atoms with van der Waals surface area (Å²) in [7, 11) is 0. The Bertz CT molecular complexity index is 1350. The highest BCUT2D eigenvalue weighted by atomic mass is 32.2. The number of allylic oxidation sites excluding steroid dienone is 1. The molecule has 6 heteroatoms. The number of carbonyl (C=O) groups is 1. The first-order chi connectivity index (χ1) is 17.1. The molecule has 1 aliphatic heterocycles. The first-order valence-electron chi connectivity index (χ1n) is 11.3. The average Bonchev–Trinajstić information content (AvgIpc) is 3.22. The summed E-state index contributed by atoms with van der Waals surface area (Å²) in [4.78, 5) is 17.7. The number of rotatable bonds is 8. The van der Waals surface area contributed by atoms with Gasteiger partial charge in [-0.15, -0.1) is 6.58 Å². The fourth-order valence-corrected chi connectivity index (χ4v) is 4.45. The van der Waals surface area contributed by atoms with Gasteiger partial charge in [0.1, 0.15) is 12.4 Å². The standard InChI is InChI=1S/C29H25N3O2S/c1-3-7-22-16-21(12-15-26(22)34-19-24-9-6-5-8-23(24)18-30)17-27-28(33)32-29(35-27)31-25-13-10-20(4-2)11-14-25/h3,5-6,8-17H,1,4,7,19H2,2H3,(H,31,32,33)/b27-17-. The number of aryl methyl sites for hydroxylation is 1. The van der Waals surface area contributed by atoms with Crippen molar-refractivity contribution in [1.29, 1.82) is 5.26 Å². The number of nitrogens with one attached hydrogen (secondary N) is 1. The van der Waals surface area contributed by atoms with Crippen molar-refractivity contribution in [1.82, 2.24) is 5.32 Å². The van der Waals surface area contributed by atoms with Crippen LogP contribution in [0.2, 0.25) is 0 Å². The molecule has 0 radical (unpaired) electrons. The number of aliphatic imine (C=N–C) groups is 1. The summed E-state index contributed by atoms with van der Waals surface area (Å²) in [5.74, 6) is 0.554. The van der Waals surface area contributed by atoms with Gasteiger partial charge in [-0.25, -0.2) is 4.99 Å². The highest BCUT2D eigenvalue weighted by molar-refractivity contribution is 8.18. The predicted molar refractivity (Wildman–Crippen MR) is 142 cm³/mol. The topological polar surface area (TPSA) is 74.5 Å². The van der Waals surface area contributed by atoms with Crippen molar-refractivity contribution in [2.75, 3.05) is 0 Å². The summed E-state index contributed by atoms with van der Waals surface area (Å²) in [6.07, 6.45) is 5.25. The molecule has 0 atom stereocenters. The van der Waals surface area contributed by atoms with Gasteiger partial charge in [-0.05, 0) is 77.7 Å². The smallest absolute Gasteiger partial charge is 0.264 e. The molecule has 3 aromatic carbocycles. The summed E-state index contributed by atoms with van der Waals surface area (Å²) in [6.45, 7) is 6.26. The van der Waals surface area contributed by atoms with Gasteiger partial charge in [-0.3, -0.25) is 4.79 Å². The number of amidine groups is 1. The van der Waals surface area contributed by atoms with E-state index in [-0.39, 0.29) is 5.91 Å². The minimum Gasteiger partial charge on any atom is -0.489 e. The second kappa shape index (κ2) is 11.4. The molecule has 0 unspecified atom stereocenters. The number of hydrogen-bond acceptors (Lipinski definition) is 5. The largest absolute Gasteiger partial charge is 0.489 e. The first kappa shape index (κ1) is 24.1. The molecule has 0 bridgehead atoms. The van der Waals surface area contributed by atoms with E-state index in [9.17, 15) is 10.1 Å². The van der Waals surface area contributed by atoms with Crippen LogP contribution in [0.3, 0.4) is 0 Å². The molecule has 0 aliphatic carbocycles. The quantitative estimate of drug-likeness (QED) is 0.303. The van der Waals surface area contributed by atoms with E-state index >= 15 is 0 Å². The molecule has 0 saturated carbocycles. The Morgan fingerprint density at radius 3 is 2.66 bits per heavy atom. The zero-order valence-electron chi connectivity index (χ0n) is 19.5. The van der Waals surface area contributed by atoms with Gasteiger partial charge in [-0.1, -0.05) is 49.4 Å². The van der Waals surface area contributed by atoms with Crippen molar-refractivity contribution in [2.24, 2.45) is 4.99 Å². The molecule has 174 valence electrons. The molecule has 35 heavy (non-hydrogen) atoms. The number of hydrogen-bond donors (Lipinski definition) is 1. The molecule has 4 rings (SSSR count). The first-order valence-corrected chi connectivity index (χ1v) is 12.1. The number of nitriles is 1. The lowest BCUT2D eigenvalue weighted by atomic mass is 10.1. The van der Waals surface area contributed by atoms with Crippen molar-refractivity contribution in [3.05, 3.63) is 112 Å². The number of amides is 1. The maximum absolute atomic E-state index is 12.5. The summed E-state index contributed by atoms with van der Waals surface area (Å²) < 4.78 is 6.04. The third kappa shape index (κ3) is 6.08. The lowest BCUT2D eigenvalue weighted by molar-refractivity contribution is -0.115. The van der Waals surface area contributed by atoms with Crippen molar-refractivity contribution < 1.29 is 9.53 Å². The van der Waals surface area contributed by atoms with Crippen LogP contribution in [0.25, 0.3) is 6.08 Å². The second-order valence-corrected chi connectivity index (χ2v) is 8.95. The number of ether oxygens (including phenoxy) is 1. The van der Waals surface area contributed by atoms with E-state index in [2.05, 4.69) is 29.9 Å². The Balaban J connectivity index is 1.51. The molecular weight excluding hydrogens is 454 g/mol. The molecule has 1 aliphatic rings. The molecule has 3 aromatic rings. The van der Waals surface area contributed by atoms with Crippen LogP contribution in [-0.4, -0.2) is 11.1 Å². The van der Waals surface area contributed by atoms with Crippen molar-refractivity contribution >= 4 is 34.6 Å². The molecule has 1 N–H and O–H groups in total. The van der Waals surface area contributed by atoms with Gasteiger partial charge in [0.05, 0.1) is 22.2 Å². The predicted octanol–water partition coefficient (Wildman–Crippen LogP) is 6.32. The van der Waals surface area contributed by atoms with E-state index in [1.54, 1.807) is 6.07 Å². The van der Waals surface area contributed by atoms with Crippen molar-refractivity contribution in [2.45, 2.75) is 26.4 Å². The van der Waals surface area contributed by atoms with Crippen LogP contribution < -0.4 is 10.1 Å². The fourth-order valence-electron chi connectivity index (χ4n) is 3.61. The minimum absolute atomic E-state index is 0.169. The summed E-state index contributed by atoms with van der Waals surface area (Å²) in [6, 6.07) is 23.4. The Labute approximate surface area is 209 Å². The second-order valence-electron chi connectivity index (χ2n) is 7.92. The van der Waals surface area contributed by atoms with Crippen LogP contribution >= 0.6 is 11.8 Å². The summed E-state index contributed by atoms with van der Waals surface area (Å²) in [5, 5.41) is 12.7. The zero-order chi connectivity index (χ0) is 24.6. The van der Waals surface area contributed by atoms with Gasteiger partial charge in [0, 0.05) is 5.56 Å². The lowest BCUT2D eigenvalue weighted by Crippen LogP contribution is -2.19. The van der Waals surface area contributed by atoms with Gasteiger partial charge in [0.25, 0.3) is 5.91 Å². The number of thioether (sulfide) groups is 1. The lowest BCUT2D eigenvalue weighted by Gasteiger charge is -2.12. The summed E-state index contributed by atoms with van der Waals surface area (Å²) >= 11 is 1.32. The van der Waals surface area contributed by atoms with E-state index in [0.717, 1.165) is 34.5 Å². The molecule has 0 aromatic heterocycles. The van der Waals surface area contributed by atoms with E-state index in [4.69, 9.17) is 4.74 Å². The Hall–Kier alpha value is -4.08. The van der Waals surface area contributed by atoms with Gasteiger partial charge in [-0.2, -0.15) is 5.26 Å². The van der Waals surface area contributed by atoms with Gasteiger partial charge in [0.15, 0.2) is 5.17 Å². The molecule has 5 nitrogen and oxygen atoms in total. The SMILES string of the molecule is C=CCc1cc(/C=C2\SC(=Nc3ccc(CC)cc3)NC2=O)ccc1OCc1ccccc1C#N. The number of benzene rings is 3. The third-order valence-corrected chi connectivity index (χ3v) is 6.40. The van der Waals surface area contributed by atoms with Crippen LogP contribution in [0.15, 0.2) is 89.3 Å². The zero-order valence-corrected chi connectivity index (χ0v) is 20.3. The van der Waals surface area contributed by atoms with Crippen LogP contribution in [0, 0.1) is 11.3 Å². The number of carbonyl (C=O) groups excluding carboxylic acids is 1. The monoisotopic (exact) mass is 479 g/mol. The Morgan fingerprint density at radius 1 is 1.11 bits per heavy atom. The maximum atomic E-state index is 12.5. The van der Waals surface area contributed by atoms with E-state index in [0.29, 0.717) is 28.7 Å². The van der Waals surface area contributed by atoms with Crippen LogP contribution in [0.5, 0.6) is 5.75 Å². The van der Waals surface area contributed by atoms with Crippen molar-refractivity contribution in [3.63, 3.8) is 0 Å². The van der Waals surface area contributed by atoms with Crippen LogP contribution in [0.4, 0.5) is 5.69 Å². The normalized spacial score (nSPS) is 15.1. The Kier molecular flexibility index (Phi) is 7.81. The van der Waals surface area contributed by atoms with Gasteiger partial charge in [0.2, 0.25) is 0 Å². The summed E-state index contributed by atoms with van der Waals surface area (Å²) in [5.41, 5.74) is 5.33. The average molecular weight is 480 g/mol. The molecular formula is C29H25N3O2S. The van der Waals surface area contributed by atoms with E-state index < -0.39 is 0 Å². The minimum atomic E-state index is -0.169. The van der Waals surface area contributed by atoms with Gasteiger partial charge >= 0.3 is 0 Å². The van der Waals surface area contributed by atoms with Crippen molar-refractivity contribution in [3.8, 4) is 11.8 Å². The molecule has 1 heterocycles. The maximum Gasteiger partial charge on any atom is 0.264 e. The number of nitrogens with zero attached hydrogens (tertiary/aromatic N) is 2. The van der Waals surface area contributed by atoms with Crippen LogP contribution in [0.1, 0.15) is 34.7 Å². The molecule has 0 spiro atoms.